The molecule has 4 rings (SSSR count). The van der Waals surface area contributed by atoms with Crippen LogP contribution in [0.4, 0.5) is 0 Å². The lowest BCUT2D eigenvalue weighted by Crippen LogP contribution is -2.36. The molecule has 0 fully saturated rings. The van der Waals surface area contributed by atoms with Crippen molar-refractivity contribution in [3.05, 3.63) is 58.3 Å². The van der Waals surface area contributed by atoms with Crippen molar-refractivity contribution >= 4 is 16.8 Å². The number of aromatic amines is 1. The molecule has 1 N–H and O–H groups in total. The van der Waals surface area contributed by atoms with Gasteiger partial charge in [0.25, 0.3) is 5.91 Å². The van der Waals surface area contributed by atoms with Gasteiger partial charge in [-0.3, -0.25) is 4.79 Å². The van der Waals surface area contributed by atoms with Crippen molar-refractivity contribution in [3.63, 3.8) is 0 Å². The molecule has 5 heteroatoms. The van der Waals surface area contributed by atoms with Crippen LogP contribution in [0.1, 0.15) is 32.7 Å². The zero-order chi connectivity index (χ0) is 19.1. The van der Waals surface area contributed by atoms with Gasteiger partial charge >= 0.3 is 0 Å². The molecule has 2 heterocycles. The number of nitrogens with one attached hydrogen (secondary N) is 1. The number of aromatic nitrogens is 1. The van der Waals surface area contributed by atoms with E-state index in [1.807, 2.05) is 36.1 Å². The quantitative estimate of drug-likeness (QED) is 0.764. The van der Waals surface area contributed by atoms with Crippen molar-refractivity contribution in [1.82, 2.24) is 9.88 Å². The van der Waals surface area contributed by atoms with Crippen molar-refractivity contribution in [2.75, 3.05) is 20.8 Å². The molecule has 0 radical (unpaired) electrons. The molecule has 0 spiro atoms. The Morgan fingerprint density at radius 2 is 1.78 bits per heavy atom. The Balaban J connectivity index is 1.68. The summed E-state index contributed by atoms with van der Waals surface area (Å²) in [7, 11) is 3.27. The summed E-state index contributed by atoms with van der Waals surface area (Å²) in [4.78, 5) is 18.6. The second kappa shape index (κ2) is 6.65. The Labute approximate surface area is 158 Å². The Hall–Kier alpha value is -2.95. The minimum Gasteiger partial charge on any atom is -0.493 e. The maximum atomic E-state index is 13.3. The number of benzene rings is 2. The molecule has 2 aromatic carbocycles. The van der Waals surface area contributed by atoms with E-state index >= 15 is 0 Å². The number of nitrogens with zero attached hydrogens (tertiary/aromatic N) is 1. The van der Waals surface area contributed by atoms with E-state index in [2.05, 4.69) is 18.0 Å². The van der Waals surface area contributed by atoms with Gasteiger partial charge in [0.05, 0.1) is 25.3 Å². The summed E-state index contributed by atoms with van der Waals surface area (Å²) in [5.41, 5.74) is 6.27. The van der Waals surface area contributed by atoms with Gasteiger partial charge in [-0.05, 0) is 55.2 Å². The fourth-order valence-corrected chi connectivity index (χ4v) is 3.89. The molecular formula is C22H24N2O3. The van der Waals surface area contributed by atoms with Crippen LogP contribution >= 0.6 is 0 Å². The lowest BCUT2D eigenvalue weighted by Gasteiger charge is -2.30. The molecule has 0 atom stereocenters. The summed E-state index contributed by atoms with van der Waals surface area (Å²) in [6, 6.07) is 9.94. The Morgan fingerprint density at radius 3 is 2.48 bits per heavy atom. The largest absolute Gasteiger partial charge is 0.493 e. The van der Waals surface area contributed by atoms with Crippen LogP contribution in [0.3, 0.4) is 0 Å². The number of hydrogen-bond acceptors (Lipinski definition) is 3. The third-order valence-electron chi connectivity index (χ3n) is 5.58. The van der Waals surface area contributed by atoms with Crippen LogP contribution in [0.25, 0.3) is 10.9 Å². The number of rotatable bonds is 3. The van der Waals surface area contributed by atoms with Crippen LogP contribution in [0.15, 0.2) is 30.3 Å². The van der Waals surface area contributed by atoms with Gasteiger partial charge in [-0.2, -0.15) is 0 Å². The van der Waals surface area contributed by atoms with Gasteiger partial charge < -0.3 is 19.4 Å². The minimum absolute atomic E-state index is 0.0577. The number of carbonyl (C=O) groups excluding carboxylic acids is 1. The summed E-state index contributed by atoms with van der Waals surface area (Å²) in [5, 5.41) is 1.11. The third-order valence-corrected chi connectivity index (χ3v) is 5.58. The average Bonchev–Trinajstić information content (AvgIpc) is 2.99. The number of ether oxygens (including phenoxy) is 2. The first kappa shape index (κ1) is 17.5. The van der Waals surface area contributed by atoms with Gasteiger partial charge in [0.1, 0.15) is 0 Å². The summed E-state index contributed by atoms with van der Waals surface area (Å²) >= 11 is 0. The third kappa shape index (κ3) is 2.83. The molecule has 1 aromatic heterocycles. The second-order valence-electron chi connectivity index (χ2n) is 7.06. The number of H-pyrrole nitrogens is 1. The smallest absolute Gasteiger partial charge is 0.256 e. The number of carbonyl (C=O) groups is 1. The van der Waals surface area contributed by atoms with Crippen molar-refractivity contribution in [2.45, 2.75) is 26.8 Å². The second-order valence-corrected chi connectivity index (χ2v) is 7.06. The predicted molar refractivity (Wildman–Crippen MR) is 106 cm³/mol. The Morgan fingerprint density at radius 1 is 1.07 bits per heavy atom. The zero-order valence-corrected chi connectivity index (χ0v) is 16.2. The topological polar surface area (TPSA) is 54.6 Å². The average molecular weight is 364 g/mol. The Kier molecular flexibility index (Phi) is 4.30. The first-order valence-electron chi connectivity index (χ1n) is 9.14. The van der Waals surface area contributed by atoms with E-state index in [4.69, 9.17) is 9.47 Å². The molecule has 1 aliphatic rings. The van der Waals surface area contributed by atoms with Crippen LogP contribution in [-0.2, 0) is 13.0 Å². The van der Waals surface area contributed by atoms with E-state index in [9.17, 15) is 4.79 Å². The lowest BCUT2D eigenvalue weighted by atomic mass is 9.98. The highest BCUT2D eigenvalue weighted by molar-refractivity contribution is 6.06. The molecule has 0 saturated heterocycles. The summed E-state index contributed by atoms with van der Waals surface area (Å²) < 4.78 is 10.8. The molecular weight excluding hydrogens is 340 g/mol. The number of hydrogen-bond donors (Lipinski definition) is 1. The molecule has 5 nitrogen and oxygen atoms in total. The molecule has 0 unspecified atom stereocenters. The highest BCUT2D eigenvalue weighted by Gasteiger charge is 2.25. The number of fused-ring (bicyclic) bond motifs is 2. The van der Waals surface area contributed by atoms with Crippen LogP contribution < -0.4 is 9.47 Å². The van der Waals surface area contributed by atoms with Crippen molar-refractivity contribution in [3.8, 4) is 11.5 Å². The predicted octanol–water partition coefficient (Wildman–Crippen LogP) is 4.00. The van der Waals surface area contributed by atoms with Crippen LogP contribution in [0, 0.1) is 13.8 Å². The SMILES string of the molecule is COc1cc2c(cc1OC)CN(C(=O)c1cccc3c(C)c(C)[nH]c13)CC2. The van der Waals surface area contributed by atoms with Gasteiger partial charge in [-0.1, -0.05) is 12.1 Å². The first-order valence-corrected chi connectivity index (χ1v) is 9.14. The maximum absolute atomic E-state index is 13.3. The van der Waals surface area contributed by atoms with Gasteiger partial charge in [0.15, 0.2) is 11.5 Å². The Bertz CT molecular complexity index is 1040. The normalized spacial score (nSPS) is 13.6. The van der Waals surface area contributed by atoms with Gasteiger partial charge in [0.2, 0.25) is 0 Å². The van der Waals surface area contributed by atoms with E-state index in [1.165, 1.54) is 11.1 Å². The molecule has 0 bridgehead atoms. The van der Waals surface area contributed by atoms with Gasteiger partial charge in [-0.25, -0.2) is 0 Å². The number of amides is 1. The highest BCUT2D eigenvalue weighted by atomic mass is 16.5. The number of para-hydroxylation sites is 1. The van der Waals surface area contributed by atoms with Gasteiger partial charge in [0, 0.05) is 24.2 Å². The summed E-state index contributed by atoms with van der Waals surface area (Å²) in [6.07, 6.45) is 0.806. The monoisotopic (exact) mass is 364 g/mol. The fourth-order valence-electron chi connectivity index (χ4n) is 3.89. The van der Waals surface area contributed by atoms with Crippen LogP contribution in [0.2, 0.25) is 0 Å². The number of methoxy groups -OCH3 is 2. The molecule has 1 aliphatic heterocycles. The van der Waals surface area contributed by atoms with E-state index in [0.717, 1.165) is 39.9 Å². The molecule has 0 aliphatic carbocycles. The highest BCUT2D eigenvalue weighted by Crippen LogP contribution is 2.34. The molecule has 27 heavy (non-hydrogen) atoms. The van der Waals surface area contributed by atoms with Gasteiger partial charge in [-0.15, -0.1) is 0 Å². The summed E-state index contributed by atoms with van der Waals surface area (Å²) in [6.45, 7) is 5.39. The van der Waals surface area contributed by atoms with Crippen molar-refractivity contribution in [2.24, 2.45) is 0 Å². The minimum atomic E-state index is 0.0577. The standard InChI is InChI=1S/C22H24N2O3/c1-13-14(2)23-21-17(13)6-5-7-18(21)22(25)24-9-8-15-10-19(26-3)20(27-4)11-16(15)12-24/h5-7,10-11,23H,8-9,12H2,1-4H3. The van der Waals surface area contributed by atoms with E-state index in [-0.39, 0.29) is 5.91 Å². The van der Waals surface area contributed by atoms with E-state index < -0.39 is 0 Å². The first-order chi connectivity index (χ1) is 13.0. The zero-order valence-electron chi connectivity index (χ0n) is 16.2. The van der Waals surface area contributed by atoms with Crippen molar-refractivity contribution < 1.29 is 14.3 Å². The molecule has 3 aromatic rings. The lowest BCUT2D eigenvalue weighted by molar-refractivity contribution is 0.0736. The van der Waals surface area contributed by atoms with E-state index in [0.29, 0.717) is 18.8 Å². The molecule has 1 amide bonds. The molecule has 0 saturated carbocycles. The van der Waals surface area contributed by atoms with Crippen LogP contribution in [-0.4, -0.2) is 36.6 Å². The van der Waals surface area contributed by atoms with Crippen molar-refractivity contribution in [1.29, 1.82) is 0 Å². The fraction of sp³-hybridized carbons (Fsp3) is 0.318. The summed E-state index contributed by atoms with van der Waals surface area (Å²) in [5.74, 6) is 1.49. The maximum Gasteiger partial charge on any atom is 0.256 e. The van der Waals surface area contributed by atoms with Crippen LogP contribution in [0.5, 0.6) is 11.5 Å². The number of aryl methyl sites for hydroxylation is 2. The van der Waals surface area contributed by atoms with E-state index in [1.54, 1.807) is 14.2 Å². The molecule has 140 valence electrons.